The Hall–Kier alpha value is -1.84. The van der Waals surface area contributed by atoms with Gasteiger partial charge >= 0.3 is 6.03 Å². The van der Waals surface area contributed by atoms with Gasteiger partial charge in [0.2, 0.25) is 11.0 Å². The van der Waals surface area contributed by atoms with Crippen molar-refractivity contribution in [2.45, 2.75) is 30.4 Å². The van der Waals surface area contributed by atoms with Crippen LogP contribution >= 0.6 is 34.7 Å². The standard InChI is InChI=1S/C15H18ClN5O2S2/c1-7(2)11(12(22)19-13(17)23)24-15-21-20-14(25-15)18-10-6-4-5-9(16)8(10)3/h4-7,11H,1-3H3,(H,18,20)(H3,17,19,22,23)/t11-/m1/s1. The van der Waals surface area contributed by atoms with Crippen molar-refractivity contribution in [2.24, 2.45) is 11.7 Å². The monoisotopic (exact) mass is 399 g/mol. The van der Waals surface area contributed by atoms with Crippen molar-refractivity contribution in [2.75, 3.05) is 5.32 Å². The third-order valence-corrected chi connectivity index (χ3v) is 6.13. The van der Waals surface area contributed by atoms with Crippen LogP contribution < -0.4 is 16.4 Å². The molecular formula is C15H18ClN5O2S2. The zero-order valence-electron chi connectivity index (χ0n) is 13.9. The Morgan fingerprint density at radius 3 is 2.68 bits per heavy atom. The molecule has 0 aliphatic heterocycles. The lowest BCUT2D eigenvalue weighted by Gasteiger charge is -2.16. The van der Waals surface area contributed by atoms with Crippen LogP contribution in [0.2, 0.25) is 5.02 Å². The van der Waals surface area contributed by atoms with Crippen molar-refractivity contribution >= 4 is 57.5 Å². The summed E-state index contributed by atoms with van der Waals surface area (Å²) in [5.41, 5.74) is 6.77. The lowest BCUT2D eigenvalue weighted by atomic mass is 10.1. The molecule has 0 saturated heterocycles. The van der Waals surface area contributed by atoms with Crippen molar-refractivity contribution in [3.05, 3.63) is 28.8 Å². The van der Waals surface area contributed by atoms with Gasteiger partial charge in [0.05, 0.1) is 5.25 Å². The van der Waals surface area contributed by atoms with Gasteiger partial charge in [0.15, 0.2) is 4.34 Å². The third kappa shape index (κ3) is 5.32. The van der Waals surface area contributed by atoms with E-state index in [2.05, 4.69) is 20.8 Å². The molecule has 1 heterocycles. The van der Waals surface area contributed by atoms with Gasteiger partial charge in [0.25, 0.3) is 0 Å². The summed E-state index contributed by atoms with van der Waals surface area (Å²) in [6, 6.07) is 4.69. The largest absolute Gasteiger partial charge is 0.351 e. The minimum Gasteiger partial charge on any atom is -0.351 e. The Kier molecular flexibility index (Phi) is 6.63. The number of thioether (sulfide) groups is 1. The van der Waals surface area contributed by atoms with E-state index in [0.717, 1.165) is 11.3 Å². The van der Waals surface area contributed by atoms with E-state index in [9.17, 15) is 9.59 Å². The van der Waals surface area contributed by atoms with Crippen LogP contribution in [0.4, 0.5) is 15.6 Å². The lowest BCUT2D eigenvalue weighted by molar-refractivity contribution is -0.120. The van der Waals surface area contributed by atoms with Gasteiger partial charge in [0, 0.05) is 10.7 Å². The lowest BCUT2D eigenvalue weighted by Crippen LogP contribution is -2.42. The second kappa shape index (κ2) is 8.50. The van der Waals surface area contributed by atoms with Gasteiger partial charge in [-0.3, -0.25) is 10.1 Å². The number of aromatic nitrogens is 2. The smallest absolute Gasteiger partial charge is 0.318 e. The maximum Gasteiger partial charge on any atom is 0.318 e. The normalized spacial score (nSPS) is 12.0. The molecule has 0 saturated carbocycles. The molecule has 0 fully saturated rings. The fourth-order valence-corrected chi connectivity index (χ4v) is 4.11. The number of carbonyl (C=O) groups is 2. The van der Waals surface area contributed by atoms with Crippen LogP contribution in [0.5, 0.6) is 0 Å². The van der Waals surface area contributed by atoms with E-state index in [1.165, 1.54) is 23.1 Å². The molecule has 0 radical (unpaired) electrons. The number of nitrogens with one attached hydrogen (secondary N) is 2. The van der Waals surface area contributed by atoms with Gasteiger partial charge in [-0.2, -0.15) is 0 Å². The summed E-state index contributed by atoms with van der Waals surface area (Å²) in [4.78, 5) is 23.0. The molecule has 0 bridgehead atoms. The first-order chi connectivity index (χ1) is 11.8. The molecule has 4 N–H and O–H groups in total. The maximum atomic E-state index is 12.1. The Balaban J connectivity index is 2.10. The first-order valence-corrected chi connectivity index (χ1v) is 9.48. The molecule has 1 aromatic heterocycles. The summed E-state index contributed by atoms with van der Waals surface area (Å²) in [6.45, 7) is 5.67. The van der Waals surface area contributed by atoms with E-state index >= 15 is 0 Å². The highest BCUT2D eigenvalue weighted by atomic mass is 35.5. The molecule has 0 aliphatic rings. The molecule has 2 rings (SSSR count). The van der Waals surface area contributed by atoms with Gasteiger partial charge in [-0.15, -0.1) is 10.2 Å². The van der Waals surface area contributed by atoms with Gasteiger partial charge in [-0.25, -0.2) is 4.79 Å². The second-order valence-electron chi connectivity index (χ2n) is 5.55. The highest BCUT2D eigenvalue weighted by molar-refractivity contribution is 8.02. The predicted octanol–water partition coefficient (Wildman–Crippen LogP) is 3.56. The summed E-state index contributed by atoms with van der Waals surface area (Å²) in [7, 11) is 0. The number of urea groups is 1. The molecule has 1 atom stereocenters. The number of anilines is 2. The number of carbonyl (C=O) groups excluding carboxylic acids is 2. The van der Waals surface area contributed by atoms with Crippen LogP contribution in [0.3, 0.4) is 0 Å². The average molecular weight is 400 g/mol. The topological polar surface area (TPSA) is 110 Å². The second-order valence-corrected chi connectivity index (χ2v) is 8.32. The number of primary amides is 1. The Labute approximate surface area is 158 Å². The fraction of sp³-hybridized carbons (Fsp3) is 0.333. The van der Waals surface area contributed by atoms with E-state index in [-0.39, 0.29) is 5.92 Å². The van der Waals surface area contributed by atoms with E-state index in [1.54, 1.807) is 0 Å². The number of benzene rings is 1. The number of nitrogens with two attached hydrogens (primary N) is 1. The quantitative estimate of drug-likeness (QED) is 0.640. The fourth-order valence-electron chi connectivity index (χ4n) is 1.96. The van der Waals surface area contributed by atoms with E-state index in [0.29, 0.717) is 14.5 Å². The predicted molar refractivity (Wildman–Crippen MR) is 102 cm³/mol. The Morgan fingerprint density at radius 1 is 1.32 bits per heavy atom. The minimum absolute atomic E-state index is 0.0140. The number of hydrogen-bond donors (Lipinski definition) is 3. The summed E-state index contributed by atoms with van der Waals surface area (Å²) in [5.74, 6) is -0.456. The molecule has 3 amide bonds. The maximum absolute atomic E-state index is 12.1. The highest BCUT2D eigenvalue weighted by Crippen LogP contribution is 2.34. The number of halogens is 1. The summed E-state index contributed by atoms with van der Waals surface area (Å²) < 4.78 is 0.612. The van der Waals surface area contributed by atoms with Crippen molar-refractivity contribution in [1.82, 2.24) is 15.5 Å². The highest BCUT2D eigenvalue weighted by Gasteiger charge is 2.26. The molecule has 2 aromatic rings. The molecule has 0 aliphatic carbocycles. The average Bonchev–Trinajstić information content (AvgIpc) is 2.95. The minimum atomic E-state index is -0.868. The van der Waals surface area contributed by atoms with Crippen LogP contribution in [0.25, 0.3) is 0 Å². The van der Waals surface area contributed by atoms with E-state index in [4.69, 9.17) is 17.3 Å². The molecule has 10 heteroatoms. The molecular weight excluding hydrogens is 382 g/mol. The third-order valence-electron chi connectivity index (χ3n) is 3.25. The SMILES string of the molecule is Cc1c(Cl)cccc1Nc1nnc(S[C@@H](C(=O)NC(N)=O)C(C)C)s1. The van der Waals surface area contributed by atoms with E-state index < -0.39 is 17.2 Å². The van der Waals surface area contributed by atoms with Gasteiger partial charge in [0.1, 0.15) is 0 Å². The molecule has 25 heavy (non-hydrogen) atoms. The summed E-state index contributed by atoms with van der Waals surface area (Å²) in [5, 5.41) is 14.2. The van der Waals surface area contributed by atoms with Crippen LogP contribution in [-0.4, -0.2) is 27.4 Å². The molecule has 0 unspecified atom stereocenters. The van der Waals surface area contributed by atoms with Gasteiger partial charge < -0.3 is 11.1 Å². The molecule has 7 nitrogen and oxygen atoms in total. The number of imide groups is 1. The summed E-state index contributed by atoms with van der Waals surface area (Å²) in [6.07, 6.45) is 0. The zero-order chi connectivity index (χ0) is 18.6. The van der Waals surface area contributed by atoms with Crippen LogP contribution in [-0.2, 0) is 4.79 Å². The van der Waals surface area contributed by atoms with Crippen molar-refractivity contribution < 1.29 is 9.59 Å². The Morgan fingerprint density at radius 2 is 2.04 bits per heavy atom. The molecule has 0 spiro atoms. The van der Waals surface area contributed by atoms with Gasteiger partial charge in [-0.1, -0.05) is 54.6 Å². The number of nitrogens with zero attached hydrogens (tertiary/aromatic N) is 2. The first-order valence-electron chi connectivity index (χ1n) is 7.40. The number of amides is 3. The number of rotatable bonds is 6. The van der Waals surface area contributed by atoms with Crippen molar-refractivity contribution in [3.63, 3.8) is 0 Å². The number of hydrogen-bond acceptors (Lipinski definition) is 7. The van der Waals surface area contributed by atoms with Crippen molar-refractivity contribution in [3.8, 4) is 0 Å². The van der Waals surface area contributed by atoms with Crippen LogP contribution in [0.1, 0.15) is 19.4 Å². The summed E-state index contributed by atoms with van der Waals surface area (Å²) >= 11 is 8.67. The van der Waals surface area contributed by atoms with Crippen molar-refractivity contribution in [1.29, 1.82) is 0 Å². The van der Waals surface area contributed by atoms with Crippen LogP contribution in [0.15, 0.2) is 22.5 Å². The van der Waals surface area contributed by atoms with Gasteiger partial charge in [-0.05, 0) is 30.5 Å². The molecule has 1 aromatic carbocycles. The zero-order valence-corrected chi connectivity index (χ0v) is 16.3. The Bertz CT molecular complexity index is 781. The molecule has 134 valence electrons. The first kappa shape index (κ1) is 19.5. The van der Waals surface area contributed by atoms with Crippen LogP contribution in [0, 0.1) is 12.8 Å². The van der Waals surface area contributed by atoms with E-state index in [1.807, 2.05) is 39.0 Å².